The van der Waals surface area contributed by atoms with E-state index in [-0.39, 0.29) is 6.47 Å². The van der Waals surface area contributed by atoms with Gasteiger partial charge in [0.15, 0.2) is 5.82 Å². The molecule has 3 rings (SSSR count). The zero-order chi connectivity index (χ0) is 17.7. The van der Waals surface area contributed by atoms with Gasteiger partial charge in [0.2, 0.25) is 0 Å². The predicted octanol–water partition coefficient (Wildman–Crippen LogP) is 0.928. The molecule has 1 aromatic rings. The Morgan fingerprint density at radius 1 is 1.38 bits per heavy atom. The van der Waals surface area contributed by atoms with E-state index in [4.69, 9.17) is 9.90 Å². The third-order valence-corrected chi connectivity index (χ3v) is 4.67. The molecule has 2 aliphatic rings. The molecule has 0 bridgehead atoms. The van der Waals surface area contributed by atoms with Crippen molar-refractivity contribution in [2.75, 3.05) is 18.0 Å². The SMILES string of the molecule is Cc1ccc(N2CC[C@@H](O)[C@](CC3CC3)(C(=O)O)C2)nn1.O=CO. The molecule has 3 N–H and O–H groups in total. The van der Waals surface area contributed by atoms with Gasteiger partial charge in [-0.2, -0.15) is 5.10 Å². The summed E-state index contributed by atoms with van der Waals surface area (Å²) in [5.74, 6) is 0.236. The van der Waals surface area contributed by atoms with Crippen LogP contribution in [0.1, 0.15) is 31.4 Å². The number of nitrogens with zero attached hydrogens (tertiary/aromatic N) is 3. The number of carboxylic acids is 1. The molecule has 8 nitrogen and oxygen atoms in total. The van der Waals surface area contributed by atoms with Crippen molar-refractivity contribution in [1.29, 1.82) is 0 Å². The summed E-state index contributed by atoms with van der Waals surface area (Å²) in [7, 11) is 0. The molecule has 1 aromatic heterocycles. The third-order valence-electron chi connectivity index (χ3n) is 4.67. The van der Waals surface area contributed by atoms with Crippen molar-refractivity contribution in [3.63, 3.8) is 0 Å². The molecule has 0 aromatic carbocycles. The zero-order valence-corrected chi connectivity index (χ0v) is 13.6. The summed E-state index contributed by atoms with van der Waals surface area (Å²) >= 11 is 0. The second-order valence-corrected chi connectivity index (χ2v) is 6.47. The van der Waals surface area contributed by atoms with Crippen LogP contribution in [-0.4, -0.2) is 57.2 Å². The number of carboxylic acid groups (broad SMARTS) is 2. The average Bonchev–Trinajstić information content (AvgIpc) is 3.35. The summed E-state index contributed by atoms with van der Waals surface area (Å²) in [5, 5.41) is 35.1. The molecular weight excluding hydrogens is 314 g/mol. The molecule has 0 radical (unpaired) electrons. The zero-order valence-electron chi connectivity index (χ0n) is 13.6. The molecule has 0 spiro atoms. The molecule has 132 valence electrons. The van der Waals surface area contributed by atoms with Crippen LogP contribution in [0.3, 0.4) is 0 Å². The fourth-order valence-corrected chi connectivity index (χ4v) is 3.17. The van der Waals surface area contributed by atoms with Gasteiger partial charge in [0.05, 0.1) is 11.8 Å². The van der Waals surface area contributed by atoms with E-state index in [0.29, 0.717) is 37.7 Å². The first-order valence-corrected chi connectivity index (χ1v) is 7.97. The molecule has 24 heavy (non-hydrogen) atoms. The summed E-state index contributed by atoms with van der Waals surface area (Å²) in [6.45, 7) is 2.53. The van der Waals surface area contributed by atoms with Gasteiger partial charge in [-0.25, -0.2) is 0 Å². The lowest BCUT2D eigenvalue weighted by Gasteiger charge is -2.43. The maximum atomic E-state index is 11.9. The fourth-order valence-electron chi connectivity index (χ4n) is 3.17. The summed E-state index contributed by atoms with van der Waals surface area (Å²) in [6.07, 6.45) is 2.37. The topological polar surface area (TPSA) is 124 Å². The van der Waals surface area contributed by atoms with E-state index in [0.717, 1.165) is 18.5 Å². The van der Waals surface area contributed by atoms with Gasteiger partial charge >= 0.3 is 5.97 Å². The number of carbonyl (C=O) groups is 2. The van der Waals surface area contributed by atoms with Gasteiger partial charge in [-0.15, -0.1) is 5.10 Å². The van der Waals surface area contributed by atoms with Crippen molar-refractivity contribution in [3.05, 3.63) is 17.8 Å². The molecule has 1 saturated carbocycles. The van der Waals surface area contributed by atoms with Crippen LogP contribution in [0.5, 0.6) is 0 Å². The third kappa shape index (κ3) is 4.00. The highest BCUT2D eigenvalue weighted by molar-refractivity contribution is 5.77. The van der Waals surface area contributed by atoms with E-state index in [1.54, 1.807) is 0 Å². The number of aliphatic carboxylic acids is 1. The van der Waals surface area contributed by atoms with Crippen LogP contribution in [0, 0.1) is 18.3 Å². The van der Waals surface area contributed by atoms with Crippen LogP contribution in [0.4, 0.5) is 5.82 Å². The van der Waals surface area contributed by atoms with E-state index in [1.165, 1.54) is 0 Å². The Bertz CT molecular complexity index is 576. The summed E-state index contributed by atoms with van der Waals surface area (Å²) in [6, 6.07) is 3.74. The maximum absolute atomic E-state index is 11.9. The Kier molecular flexibility index (Phi) is 5.71. The van der Waals surface area contributed by atoms with Crippen molar-refractivity contribution < 1.29 is 24.9 Å². The van der Waals surface area contributed by atoms with Crippen LogP contribution < -0.4 is 4.90 Å². The highest BCUT2D eigenvalue weighted by atomic mass is 16.4. The van der Waals surface area contributed by atoms with Gasteiger partial charge in [-0.1, -0.05) is 12.8 Å². The molecule has 2 atom stereocenters. The second kappa shape index (κ2) is 7.57. The molecule has 8 heteroatoms. The minimum absolute atomic E-state index is 0.250. The van der Waals surface area contributed by atoms with Crippen LogP contribution in [-0.2, 0) is 9.59 Å². The number of rotatable bonds is 4. The van der Waals surface area contributed by atoms with Gasteiger partial charge in [0.1, 0.15) is 5.41 Å². The molecule has 0 amide bonds. The first-order valence-electron chi connectivity index (χ1n) is 7.97. The van der Waals surface area contributed by atoms with Crippen molar-refractivity contribution in [1.82, 2.24) is 10.2 Å². The standard InChI is InChI=1S/C15H21N3O3.CH2O2/c1-10-2-5-13(17-16-10)18-7-6-12(19)15(9-18,14(20)21)8-11-3-4-11;2-1-3/h2,5,11-12,19H,3-4,6-9H2,1H3,(H,20,21);1H,(H,2,3)/t12-,15-;/m1./s1. The predicted molar refractivity (Wildman–Crippen MR) is 85.7 cm³/mol. The van der Waals surface area contributed by atoms with Crippen molar-refractivity contribution >= 4 is 18.3 Å². The van der Waals surface area contributed by atoms with Crippen molar-refractivity contribution in [2.24, 2.45) is 11.3 Å². The molecule has 1 aliphatic carbocycles. The van der Waals surface area contributed by atoms with Crippen LogP contribution in [0.15, 0.2) is 12.1 Å². The maximum Gasteiger partial charge on any atom is 0.314 e. The largest absolute Gasteiger partial charge is 0.483 e. The summed E-state index contributed by atoms with van der Waals surface area (Å²) < 4.78 is 0. The number of hydrogen-bond acceptors (Lipinski definition) is 6. The lowest BCUT2D eigenvalue weighted by molar-refractivity contribution is -0.158. The molecule has 1 saturated heterocycles. The molecular formula is C16H23N3O5. The molecule has 1 aliphatic heterocycles. The lowest BCUT2D eigenvalue weighted by Crippen LogP contribution is -2.56. The smallest absolute Gasteiger partial charge is 0.314 e. The van der Waals surface area contributed by atoms with E-state index >= 15 is 0 Å². The second-order valence-electron chi connectivity index (χ2n) is 6.47. The van der Waals surface area contributed by atoms with Gasteiger partial charge in [-0.05, 0) is 37.8 Å². The van der Waals surface area contributed by atoms with Gasteiger partial charge in [0.25, 0.3) is 6.47 Å². The molecule has 2 fully saturated rings. The number of hydrogen-bond donors (Lipinski definition) is 3. The minimum atomic E-state index is -1.08. The van der Waals surface area contributed by atoms with Crippen LogP contribution in [0.25, 0.3) is 0 Å². The van der Waals surface area contributed by atoms with E-state index in [1.807, 2.05) is 24.0 Å². The number of aliphatic hydroxyl groups excluding tert-OH is 1. The van der Waals surface area contributed by atoms with Crippen LogP contribution >= 0.6 is 0 Å². The van der Waals surface area contributed by atoms with Crippen molar-refractivity contribution in [2.45, 2.75) is 38.7 Å². The highest BCUT2D eigenvalue weighted by Crippen LogP contribution is 2.45. The van der Waals surface area contributed by atoms with Crippen LogP contribution in [0.2, 0.25) is 0 Å². The number of anilines is 1. The number of aliphatic hydroxyl groups is 1. The van der Waals surface area contributed by atoms with Gasteiger partial charge < -0.3 is 20.2 Å². The number of aromatic nitrogens is 2. The van der Waals surface area contributed by atoms with Crippen molar-refractivity contribution in [3.8, 4) is 0 Å². The first-order chi connectivity index (χ1) is 11.4. The van der Waals surface area contributed by atoms with E-state index in [2.05, 4.69) is 10.2 Å². The molecule has 0 unspecified atom stereocenters. The minimum Gasteiger partial charge on any atom is -0.483 e. The Hall–Kier alpha value is -2.22. The van der Waals surface area contributed by atoms with E-state index in [9.17, 15) is 15.0 Å². The number of aryl methyl sites for hydroxylation is 1. The fraction of sp³-hybridized carbons (Fsp3) is 0.625. The summed E-state index contributed by atoms with van der Waals surface area (Å²) in [5.41, 5.74) is -0.246. The highest BCUT2D eigenvalue weighted by Gasteiger charge is 2.51. The Labute approximate surface area is 140 Å². The Balaban J connectivity index is 0.000000647. The summed E-state index contributed by atoms with van der Waals surface area (Å²) in [4.78, 5) is 22.2. The Morgan fingerprint density at radius 2 is 2.04 bits per heavy atom. The lowest BCUT2D eigenvalue weighted by atomic mass is 9.73. The normalized spacial score (nSPS) is 26.2. The van der Waals surface area contributed by atoms with Gasteiger partial charge in [-0.3, -0.25) is 9.59 Å². The average molecular weight is 337 g/mol. The monoisotopic (exact) mass is 337 g/mol. The van der Waals surface area contributed by atoms with E-state index < -0.39 is 17.5 Å². The first kappa shape index (κ1) is 18.1. The quantitative estimate of drug-likeness (QED) is 0.693. The Morgan fingerprint density at radius 3 is 2.54 bits per heavy atom. The molecule has 2 heterocycles. The van der Waals surface area contributed by atoms with Gasteiger partial charge in [0, 0.05) is 13.1 Å². The number of piperidine rings is 1.